The van der Waals surface area contributed by atoms with Gasteiger partial charge in [-0.05, 0) is 68.1 Å². The summed E-state index contributed by atoms with van der Waals surface area (Å²) < 4.78 is 0. The Morgan fingerprint density at radius 1 is 1.04 bits per heavy atom. The monoisotopic (exact) mass is 337 g/mol. The normalized spacial score (nSPS) is 13.8. The summed E-state index contributed by atoms with van der Waals surface area (Å²) in [4.78, 5) is 14.6. The van der Waals surface area contributed by atoms with Gasteiger partial charge in [0.1, 0.15) is 0 Å². The molecule has 25 heavy (non-hydrogen) atoms. The Morgan fingerprint density at radius 3 is 2.48 bits per heavy atom. The molecule has 0 spiro atoms. The molecule has 1 aliphatic rings. The number of hydrogen-bond acceptors (Lipinski definition) is 3. The van der Waals surface area contributed by atoms with Crippen molar-refractivity contribution >= 4 is 23.0 Å². The van der Waals surface area contributed by atoms with Gasteiger partial charge in [0.25, 0.3) is 0 Å². The molecule has 1 fully saturated rings. The van der Waals surface area contributed by atoms with Gasteiger partial charge in [-0.25, -0.2) is 0 Å². The van der Waals surface area contributed by atoms with Crippen molar-refractivity contribution in [2.75, 3.05) is 35.2 Å². The zero-order valence-corrected chi connectivity index (χ0v) is 15.1. The van der Waals surface area contributed by atoms with E-state index in [0.29, 0.717) is 13.0 Å². The van der Waals surface area contributed by atoms with Crippen LogP contribution in [0.1, 0.15) is 30.4 Å². The number of nitrogens with zero attached hydrogens (tertiary/aromatic N) is 1. The standard InChI is InChI=1S/C21H27N3O/c1-16-6-5-7-20(17(16)2)23-21(25)12-13-22-18-8-10-19(11-9-18)24-14-3-4-15-24/h5-11,22H,3-4,12-15H2,1-2H3,(H,23,25). The van der Waals surface area contributed by atoms with Gasteiger partial charge < -0.3 is 15.5 Å². The average Bonchev–Trinajstić information content (AvgIpc) is 3.14. The highest BCUT2D eigenvalue weighted by Crippen LogP contribution is 2.22. The molecule has 4 nitrogen and oxygen atoms in total. The summed E-state index contributed by atoms with van der Waals surface area (Å²) in [6, 6.07) is 14.5. The van der Waals surface area contributed by atoms with Crippen LogP contribution >= 0.6 is 0 Å². The Bertz CT molecular complexity index is 718. The molecular formula is C21H27N3O. The Morgan fingerprint density at radius 2 is 1.76 bits per heavy atom. The maximum atomic E-state index is 12.1. The summed E-state index contributed by atoms with van der Waals surface area (Å²) >= 11 is 0. The van der Waals surface area contributed by atoms with E-state index in [-0.39, 0.29) is 5.91 Å². The Balaban J connectivity index is 1.45. The quantitative estimate of drug-likeness (QED) is 0.824. The molecule has 0 saturated carbocycles. The van der Waals surface area contributed by atoms with Gasteiger partial charge in [0.05, 0.1) is 0 Å². The molecule has 3 rings (SSSR count). The molecular weight excluding hydrogens is 310 g/mol. The Hall–Kier alpha value is -2.49. The molecule has 0 bridgehead atoms. The zero-order chi connectivity index (χ0) is 17.6. The smallest absolute Gasteiger partial charge is 0.226 e. The van der Waals surface area contributed by atoms with E-state index in [1.165, 1.54) is 24.1 Å². The van der Waals surface area contributed by atoms with Crippen LogP contribution in [0.5, 0.6) is 0 Å². The summed E-state index contributed by atoms with van der Waals surface area (Å²) in [6.45, 7) is 7.03. The van der Waals surface area contributed by atoms with Gasteiger partial charge in [0, 0.05) is 43.1 Å². The maximum absolute atomic E-state index is 12.1. The van der Waals surface area contributed by atoms with Gasteiger partial charge in [-0.2, -0.15) is 0 Å². The van der Waals surface area contributed by atoms with Crippen LogP contribution in [0.25, 0.3) is 0 Å². The fourth-order valence-corrected chi connectivity index (χ4v) is 3.19. The number of benzene rings is 2. The number of hydrogen-bond donors (Lipinski definition) is 2. The molecule has 0 unspecified atom stereocenters. The summed E-state index contributed by atoms with van der Waals surface area (Å²) in [5, 5.41) is 6.32. The maximum Gasteiger partial charge on any atom is 0.226 e. The van der Waals surface area contributed by atoms with Crippen molar-refractivity contribution < 1.29 is 4.79 Å². The second-order valence-corrected chi connectivity index (χ2v) is 6.71. The molecule has 0 aromatic heterocycles. The molecule has 132 valence electrons. The van der Waals surface area contributed by atoms with E-state index < -0.39 is 0 Å². The van der Waals surface area contributed by atoms with Crippen LogP contribution in [-0.2, 0) is 4.79 Å². The second-order valence-electron chi connectivity index (χ2n) is 6.71. The molecule has 0 atom stereocenters. The molecule has 1 saturated heterocycles. The molecule has 2 aromatic rings. The van der Waals surface area contributed by atoms with E-state index in [0.717, 1.165) is 30.0 Å². The molecule has 2 aromatic carbocycles. The summed E-state index contributed by atoms with van der Waals surface area (Å²) in [6.07, 6.45) is 3.02. The van der Waals surface area contributed by atoms with Gasteiger partial charge in [-0.1, -0.05) is 12.1 Å². The minimum absolute atomic E-state index is 0.0369. The lowest BCUT2D eigenvalue weighted by Crippen LogP contribution is -2.18. The third-order valence-electron chi connectivity index (χ3n) is 4.90. The lowest BCUT2D eigenvalue weighted by molar-refractivity contribution is -0.115. The highest BCUT2D eigenvalue weighted by Gasteiger charge is 2.11. The number of nitrogens with one attached hydrogen (secondary N) is 2. The van der Waals surface area contributed by atoms with Crippen molar-refractivity contribution in [1.82, 2.24) is 0 Å². The third kappa shape index (κ3) is 4.53. The lowest BCUT2D eigenvalue weighted by atomic mass is 10.1. The minimum atomic E-state index is 0.0369. The molecule has 4 heteroatoms. The van der Waals surface area contributed by atoms with E-state index in [1.807, 2.05) is 19.1 Å². The topological polar surface area (TPSA) is 44.4 Å². The second kappa shape index (κ2) is 8.06. The van der Waals surface area contributed by atoms with Crippen LogP contribution in [0, 0.1) is 13.8 Å². The Kier molecular flexibility index (Phi) is 5.59. The minimum Gasteiger partial charge on any atom is -0.385 e. The van der Waals surface area contributed by atoms with Crippen molar-refractivity contribution in [2.24, 2.45) is 0 Å². The largest absolute Gasteiger partial charge is 0.385 e. The molecule has 1 amide bonds. The highest BCUT2D eigenvalue weighted by atomic mass is 16.1. The van der Waals surface area contributed by atoms with Gasteiger partial charge in [-0.3, -0.25) is 4.79 Å². The van der Waals surface area contributed by atoms with Crippen molar-refractivity contribution in [1.29, 1.82) is 0 Å². The predicted octanol–water partition coefficient (Wildman–Crippen LogP) is 4.34. The fourth-order valence-electron chi connectivity index (χ4n) is 3.19. The summed E-state index contributed by atoms with van der Waals surface area (Å²) in [7, 11) is 0. The number of carbonyl (C=O) groups excluding carboxylic acids is 1. The lowest BCUT2D eigenvalue weighted by Gasteiger charge is -2.18. The van der Waals surface area contributed by atoms with Gasteiger partial charge in [-0.15, -0.1) is 0 Å². The first-order valence-corrected chi connectivity index (χ1v) is 9.08. The van der Waals surface area contributed by atoms with Gasteiger partial charge >= 0.3 is 0 Å². The van der Waals surface area contributed by atoms with Crippen LogP contribution < -0.4 is 15.5 Å². The predicted molar refractivity (Wildman–Crippen MR) is 106 cm³/mol. The first-order valence-electron chi connectivity index (χ1n) is 9.08. The highest BCUT2D eigenvalue weighted by molar-refractivity contribution is 5.91. The fraction of sp³-hybridized carbons (Fsp3) is 0.381. The van der Waals surface area contributed by atoms with E-state index in [2.05, 4.69) is 52.8 Å². The van der Waals surface area contributed by atoms with Crippen molar-refractivity contribution in [3.8, 4) is 0 Å². The molecule has 0 radical (unpaired) electrons. The number of rotatable bonds is 6. The van der Waals surface area contributed by atoms with Crippen molar-refractivity contribution in [3.63, 3.8) is 0 Å². The van der Waals surface area contributed by atoms with Crippen LogP contribution in [0.4, 0.5) is 17.1 Å². The van der Waals surface area contributed by atoms with Crippen LogP contribution in [0.2, 0.25) is 0 Å². The van der Waals surface area contributed by atoms with Crippen molar-refractivity contribution in [3.05, 3.63) is 53.6 Å². The van der Waals surface area contributed by atoms with E-state index in [4.69, 9.17) is 0 Å². The van der Waals surface area contributed by atoms with Gasteiger partial charge in [0.2, 0.25) is 5.91 Å². The van der Waals surface area contributed by atoms with Crippen LogP contribution in [0.3, 0.4) is 0 Å². The van der Waals surface area contributed by atoms with E-state index in [9.17, 15) is 4.79 Å². The SMILES string of the molecule is Cc1cccc(NC(=O)CCNc2ccc(N3CCCC3)cc2)c1C. The zero-order valence-electron chi connectivity index (χ0n) is 15.1. The Labute approximate surface area is 150 Å². The number of carbonyl (C=O) groups is 1. The molecule has 2 N–H and O–H groups in total. The third-order valence-corrected chi connectivity index (χ3v) is 4.90. The average molecular weight is 337 g/mol. The molecule has 1 heterocycles. The van der Waals surface area contributed by atoms with E-state index in [1.54, 1.807) is 0 Å². The van der Waals surface area contributed by atoms with Gasteiger partial charge in [0.15, 0.2) is 0 Å². The summed E-state index contributed by atoms with van der Waals surface area (Å²) in [5.41, 5.74) is 5.56. The number of anilines is 3. The van der Waals surface area contributed by atoms with E-state index >= 15 is 0 Å². The first-order chi connectivity index (χ1) is 12.1. The summed E-state index contributed by atoms with van der Waals surface area (Å²) in [5.74, 6) is 0.0369. The number of aryl methyl sites for hydroxylation is 1. The van der Waals surface area contributed by atoms with Crippen molar-refractivity contribution in [2.45, 2.75) is 33.1 Å². The van der Waals surface area contributed by atoms with Crippen LogP contribution in [0.15, 0.2) is 42.5 Å². The number of amides is 1. The molecule has 1 aliphatic heterocycles. The van der Waals surface area contributed by atoms with Crippen LogP contribution in [-0.4, -0.2) is 25.5 Å². The first kappa shape index (κ1) is 17.3. The molecule has 0 aliphatic carbocycles.